The van der Waals surface area contributed by atoms with Crippen molar-refractivity contribution in [2.75, 3.05) is 5.32 Å². The lowest BCUT2D eigenvalue weighted by Gasteiger charge is -2.11. The van der Waals surface area contributed by atoms with E-state index in [0.717, 1.165) is 28.5 Å². The molecule has 3 nitrogen and oxygen atoms in total. The fourth-order valence-electron chi connectivity index (χ4n) is 2.28. The molecule has 0 amide bonds. The quantitative estimate of drug-likeness (QED) is 0.762. The topological polar surface area (TPSA) is 37.8 Å². The minimum atomic E-state index is 0.706. The third kappa shape index (κ3) is 3.62. The van der Waals surface area contributed by atoms with E-state index >= 15 is 0 Å². The molecule has 3 rings (SSSR count). The number of rotatable bonds is 5. The first-order chi connectivity index (χ1) is 10.8. The lowest BCUT2D eigenvalue weighted by Crippen LogP contribution is -2.05. The Bertz CT molecular complexity index is 744. The van der Waals surface area contributed by atoms with E-state index in [1.807, 2.05) is 48.7 Å². The van der Waals surface area contributed by atoms with Crippen molar-refractivity contribution in [3.05, 3.63) is 88.8 Å². The highest BCUT2D eigenvalue weighted by atomic mass is 35.5. The van der Waals surface area contributed by atoms with Gasteiger partial charge < -0.3 is 5.32 Å². The predicted molar refractivity (Wildman–Crippen MR) is 90.1 cm³/mol. The summed E-state index contributed by atoms with van der Waals surface area (Å²) in [6.45, 7) is 0.730. The van der Waals surface area contributed by atoms with Gasteiger partial charge in [0.15, 0.2) is 0 Å². The van der Waals surface area contributed by atoms with Crippen LogP contribution < -0.4 is 5.32 Å². The van der Waals surface area contributed by atoms with E-state index in [9.17, 15) is 0 Å². The number of nitrogens with one attached hydrogen (secondary N) is 1. The molecule has 0 fully saturated rings. The molecule has 0 aliphatic carbocycles. The third-order valence-electron chi connectivity index (χ3n) is 3.43. The lowest BCUT2D eigenvalue weighted by molar-refractivity contribution is 1.03. The van der Waals surface area contributed by atoms with Gasteiger partial charge in [-0.25, -0.2) is 9.97 Å². The van der Waals surface area contributed by atoms with Gasteiger partial charge in [0.25, 0.3) is 0 Å². The Kier molecular flexibility index (Phi) is 4.66. The summed E-state index contributed by atoms with van der Waals surface area (Å²) in [5, 5.41) is 4.14. The Morgan fingerprint density at radius 2 is 1.68 bits per heavy atom. The molecule has 0 bridgehead atoms. The van der Waals surface area contributed by atoms with Crippen LogP contribution in [0, 0.1) is 0 Å². The number of benzene rings is 2. The molecule has 0 saturated carbocycles. The molecule has 0 aliphatic rings. The molecule has 2 aromatic carbocycles. The molecule has 4 heteroatoms. The van der Waals surface area contributed by atoms with Gasteiger partial charge >= 0.3 is 0 Å². The van der Waals surface area contributed by atoms with Crippen LogP contribution in [0.1, 0.15) is 16.7 Å². The molecule has 0 radical (unpaired) electrons. The van der Waals surface area contributed by atoms with Crippen molar-refractivity contribution >= 4 is 17.4 Å². The summed E-state index contributed by atoms with van der Waals surface area (Å²) in [5.41, 5.74) is 3.32. The summed E-state index contributed by atoms with van der Waals surface area (Å²) >= 11 is 6.24. The smallest absolute Gasteiger partial charge is 0.133 e. The van der Waals surface area contributed by atoms with Gasteiger partial charge in [0, 0.05) is 29.7 Å². The van der Waals surface area contributed by atoms with Crippen molar-refractivity contribution in [2.45, 2.75) is 13.0 Å². The monoisotopic (exact) mass is 309 g/mol. The van der Waals surface area contributed by atoms with Crippen LogP contribution >= 0.6 is 11.6 Å². The third-order valence-corrected chi connectivity index (χ3v) is 3.80. The number of aromatic nitrogens is 2. The van der Waals surface area contributed by atoms with E-state index < -0.39 is 0 Å². The molecule has 0 aliphatic heterocycles. The van der Waals surface area contributed by atoms with E-state index in [1.54, 1.807) is 6.33 Å². The summed E-state index contributed by atoms with van der Waals surface area (Å²) in [6, 6.07) is 18.1. The molecular formula is C18H16ClN3. The first-order valence-electron chi connectivity index (χ1n) is 7.13. The molecule has 110 valence electrons. The maximum Gasteiger partial charge on any atom is 0.133 e. The number of hydrogen-bond donors (Lipinski definition) is 1. The molecule has 0 spiro atoms. The second kappa shape index (κ2) is 7.05. The van der Waals surface area contributed by atoms with Crippen molar-refractivity contribution in [1.29, 1.82) is 0 Å². The van der Waals surface area contributed by atoms with Gasteiger partial charge in [-0.1, -0.05) is 60.1 Å². The summed E-state index contributed by atoms with van der Waals surface area (Å²) in [5.74, 6) is 0.846. The standard InChI is InChI=1S/C18H16ClN3/c19-17-9-5-4-8-15(17)10-16-12-20-13-22-18(16)21-11-14-6-2-1-3-7-14/h1-9,12-13H,10-11H2,(H,20,21,22). The lowest BCUT2D eigenvalue weighted by atomic mass is 10.1. The second-order valence-corrected chi connectivity index (χ2v) is 5.41. The molecule has 1 N–H and O–H groups in total. The molecule has 22 heavy (non-hydrogen) atoms. The zero-order valence-electron chi connectivity index (χ0n) is 12.0. The maximum atomic E-state index is 6.24. The molecule has 1 aromatic heterocycles. The van der Waals surface area contributed by atoms with Crippen molar-refractivity contribution in [2.24, 2.45) is 0 Å². The number of halogens is 1. The van der Waals surface area contributed by atoms with E-state index in [0.29, 0.717) is 6.42 Å². The summed E-state index contributed by atoms with van der Waals surface area (Å²) in [7, 11) is 0. The number of hydrogen-bond acceptors (Lipinski definition) is 3. The first-order valence-corrected chi connectivity index (χ1v) is 7.51. The Morgan fingerprint density at radius 1 is 0.909 bits per heavy atom. The Morgan fingerprint density at radius 3 is 2.50 bits per heavy atom. The molecule has 3 aromatic rings. The number of nitrogens with zero attached hydrogens (tertiary/aromatic N) is 2. The second-order valence-electron chi connectivity index (χ2n) is 5.00. The van der Waals surface area contributed by atoms with Crippen LogP contribution in [0.15, 0.2) is 67.1 Å². The van der Waals surface area contributed by atoms with E-state index in [2.05, 4.69) is 27.4 Å². The van der Waals surface area contributed by atoms with Crippen molar-refractivity contribution in [3.8, 4) is 0 Å². The van der Waals surface area contributed by atoms with E-state index in [4.69, 9.17) is 11.6 Å². The molecule has 0 unspecified atom stereocenters. The van der Waals surface area contributed by atoms with Gasteiger partial charge in [-0.05, 0) is 17.2 Å². The minimum Gasteiger partial charge on any atom is -0.366 e. The van der Waals surface area contributed by atoms with Gasteiger partial charge in [-0.3, -0.25) is 0 Å². The zero-order valence-corrected chi connectivity index (χ0v) is 12.8. The fourth-order valence-corrected chi connectivity index (χ4v) is 2.48. The molecule has 0 atom stereocenters. The van der Waals surface area contributed by atoms with Gasteiger partial charge in [-0.15, -0.1) is 0 Å². The van der Waals surface area contributed by atoms with Crippen LogP contribution in [0.5, 0.6) is 0 Å². The molecular weight excluding hydrogens is 294 g/mol. The van der Waals surface area contributed by atoms with E-state index in [-0.39, 0.29) is 0 Å². The fraction of sp³-hybridized carbons (Fsp3) is 0.111. The van der Waals surface area contributed by atoms with Gasteiger partial charge in [0.05, 0.1) is 0 Å². The van der Waals surface area contributed by atoms with Crippen molar-refractivity contribution < 1.29 is 0 Å². The van der Waals surface area contributed by atoms with Crippen LogP contribution in [-0.2, 0) is 13.0 Å². The maximum absolute atomic E-state index is 6.24. The largest absolute Gasteiger partial charge is 0.366 e. The average molecular weight is 310 g/mol. The highest BCUT2D eigenvalue weighted by molar-refractivity contribution is 6.31. The number of anilines is 1. The summed E-state index contributed by atoms with van der Waals surface area (Å²) in [6.07, 6.45) is 4.10. The molecule has 1 heterocycles. The normalized spacial score (nSPS) is 10.4. The molecule has 0 saturated heterocycles. The van der Waals surface area contributed by atoms with Crippen LogP contribution in [0.2, 0.25) is 5.02 Å². The van der Waals surface area contributed by atoms with Crippen LogP contribution in [-0.4, -0.2) is 9.97 Å². The van der Waals surface area contributed by atoms with Gasteiger partial charge in [0.1, 0.15) is 12.1 Å². The predicted octanol–water partition coefficient (Wildman–Crippen LogP) is 4.33. The highest BCUT2D eigenvalue weighted by Gasteiger charge is 2.07. The Hall–Kier alpha value is -2.39. The van der Waals surface area contributed by atoms with Gasteiger partial charge in [-0.2, -0.15) is 0 Å². The van der Waals surface area contributed by atoms with E-state index in [1.165, 1.54) is 5.56 Å². The highest BCUT2D eigenvalue weighted by Crippen LogP contribution is 2.22. The Labute approximate surface area is 135 Å². The van der Waals surface area contributed by atoms with Crippen LogP contribution in [0.4, 0.5) is 5.82 Å². The minimum absolute atomic E-state index is 0.706. The first kappa shape index (κ1) is 14.5. The average Bonchev–Trinajstić information content (AvgIpc) is 2.57. The SMILES string of the molecule is Clc1ccccc1Cc1cncnc1NCc1ccccc1. The zero-order chi connectivity index (χ0) is 15.2. The summed E-state index contributed by atoms with van der Waals surface area (Å²) in [4.78, 5) is 8.49. The summed E-state index contributed by atoms with van der Waals surface area (Å²) < 4.78 is 0. The van der Waals surface area contributed by atoms with Gasteiger partial charge in [0.2, 0.25) is 0 Å². The van der Waals surface area contributed by atoms with Crippen LogP contribution in [0.25, 0.3) is 0 Å². The Balaban J connectivity index is 1.77. The van der Waals surface area contributed by atoms with Crippen molar-refractivity contribution in [3.63, 3.8) is 0 Å². The van der Waals surface area contributed by atoms with Crippen LogP contribution in [0.3, 0.4) is 0 Å². The van der Waals surface area contributed by atoms with Crippen molar-refractivity contribution in [1.82, 2.24) is 9.97 Å².